The van der Waals surface area contributed by atoms with Crippen LogP contribution in [-0.4, -0.2) is 31.6 Å². The van der Waals surface area contributed by atoms with Crippen LogP contribution < -0.4 is 10.6 Å². The fourth-order valence-electron chi connectivity index (χ4n) is 2.95. The molecule has 4 heterocycles. The van der Waals surface area contributed by atoms with Crippen molar-refractivity contribution in [1.82, 2.24) is 24.5 Å². The highest BCUT2D eigenvalue weighted by molar-refractivity contribution is 9.10. The van der Waals surface area contributed by atoms with Gasteiger partial charge in [0.1, 0.15) is 5.82 Å². The number of carbonyl (C=O) groups excluding carboxylic acids is 1. The van der Waals surface area contributed by atoms with Crippen molar-refractivity contribution in [2.24, 2.45) is 7.05 Å². The average molecular weight is 375 g/mol. The number of hydrogen-bond acceptors (Lipinski definition) is 4. The number of rotatable bonds is 2. The van der Waals surface area contributed by atoms with E-state index in [1.807, 2.05) is 29.8 Å². The zero-order valence-corrected chi connectivity index (χ0v) is 14.1. The van der Waals surface area contributed by atoms with Gasteiger partial charge < -0.3 is 10.6 Å². The van der Waals surface area contributed by atoms with Crippen molar-refractivity contribution < 1.29 is 4.79 Å². The zero-order chi connectivity index (χ0) is 16.0. The molecule has 7 nitrogen and oxygen atoms in total. The maximum Gasteiger partial charge on any atom is 0.277 e. The lowest BCUT2D eigenvalue weighted by molar-refractivity contribution is 0.102. The van der Waals surface area contributed by atoms with Crippen LogP contribution in [-0.2, 0) is 20.0 Å². The highest BCUT2D eigenvalue weighted by atomic mass is 79.9. The lowest BCUT2D eigenvalue weighted by Crippen LogP contribution is -2.26. The van der Waals surface area contributed by atoms with Crippen LogP contribution in [0, 0.1) is 0 Å². The van der Waals surface area contributed by atoms with Crippen molar-refractivity contribution in [2.45, 2.75) is 13.0 Å². The quantitative estimate of drug-likeness (QED) is 0.715. The van der Waals surface area contributed by atoms with Crippen molar-refractivity contribution in [3.63, 3.8) is 0 Å². The Bertz CT molecular complexity index is 912. The van der Waals surface area contributed by atoms with Gasteiger partial charge in [0.05, 0.1) is 10.7 Å². The summed E-state index contributed by atoms with van der Waals surface area (Å²) in [5, 5.41) is 10.6. The number of amides is 1. The molecule has 2 N–H and O–H groups in total. The van der Waals surface area contributed by atoms with Crippen LogP contribution in [0.25, 0.3) is 5.65 Å². The van der Waals surface area contributed by atoms with Gasteiger partial charge in [-0.25, -0.2) is 4.98 Å². The van der Waals surface area contributed by atoms with Gasteiger partial charge in [-0.15, -0.1) is 0 Å². The van der Waals surface area contributed by atoms with Gasteiger partial charge in [-0.05, 0) is 28.1 Å². The van der Waals surface area contributed by atoms with Gasteiger partial charge in [-0.2, -0.15) is 5.10 Å². The number of carbonyl (C=O) groups is 1. The molecule has 0 aliphatic carbocycles. The molecule has 0 radical (unpaired) electrons. The molecule has 4 rings (SSSR count). The van der Waals surface area contributed by atoms with Gasteiger partial charge >= 0.3 is 0 Å². The minimum atomic E-state index is -0.215. The second-order valence-electron chi connectivity index (χ2n) is 5.47. The summed E-state index contributed by atoms with van der Waals surface area (Å²) in [6, 6.07) is 3.80. The van der Waals surface area contributed by atoms with Gasteiger partial charge in [0.25, 0.3) is 5.91 Å². The van der Waals surface area contributed by atoms with Gasteiger partial charge in [0.15, 0.2) is 11.3 Å². The number of imidazole rings is 1. The summed E-state index contributed by atoms with van der Waals surface area (Å²) >= 11 is 3.45. The summed E-state index contributed by atoms with van der Waals surface area (Å²) < 4.78 is 4.51. The van der Waals surface area contributed by atoms with Crippen LogP contribution in [0.3, 0.4) is 0 Å². The second kappa shape index (κ2) is 5.47. The van der Waals surface area contributed by atoms with Crippen LogP contribution in [0.15, 0.2) is 29.0 Å². The van der Waals surface area contributed by atoms with E-state index in [1.165, 1.54) is 0 Å². The Kier molecular flexibility index (Phi) is 3.42. The number of fused-ring (bicyclic) bond motifs is 2. The van der Waals surface area contributed by atoms with E-state index < -0.39 is 0 Å². The first-order valence-corrected chi connectivity index (χ1v) is 8.13. The number of anilines is 1. The first kappa shape index (κ1) is 14.4. The van der Waals surface area contributed by atoms with Crippen molar-refractivity contribution in [1.29, 1.82) is 0 Å². The van der Waals surface area contributed by atoms with Crippen LogP contribution in [0.5, 0.6) is 0 Å². The van der Waals surface area contributed by atoms with E-state index in [9.17, 15) is 4.79 Å². The summed E-state index contributed by atoms with van der Waals surface area (Å²) in [4.78, 5) is 17.0. The topological polar surface area (TPSA) is 76.2 Å². The summed E-state index contributed by atoms with van der Waals surface area (Å²) in [5.74, 6) is 0.404. The Morgan fingerprint density at radius 2 is 2.35 bits per heavy atom. The summed E-state index contributed by atoms with van der Waals surface area (Å²) in [7, 11) is 1.88. The zero-order valence-electron chi connectivity index (χ0n) is 12.5. The number of aryl methyl sites for hydroxylation is 1. The minimum absolute atomic E-state index is 0.215. The largest absolute Gasteiger partial charge is 0.312 e. The standard InChI is InChI=1S/C15H15BrN6O/c1-21-11-4-5-17-7-9(11)13(20-21)15(23)19-12-8-18-14-10(16)3-2-6-22(12)14/h2-3,6,8,17H,4-5,7H2,1H3,(H,19,23). The van der Waals surface area contributed by atoms with E-state index in [2.05, 4.69) is 36.6 Å². The van der Waals surface area contributed by atoms with Gasteiger partial charge in [-0.3, -0.25) is 13.9 Å². The first-order chi connectivity index (χ1) is 11.1. The molecule has 3 aromatic heterocycles. The Morgan fingerprint density at radius 3 is 3.22 bits per heavy atom. The SMILES string of the molecule is Cn1nc(C(=O)Nc2cnc3c(Br)cccn23)c2c1CCNC2. The molecule has 1 amide bonds. The third kappa shape index (κ3) is 2.34. The van der Waals surface area contributed by atoms with E-state index in [1.54, 1.807) is 10.9 Å². The summed E-state index contributed by atoms with van der Waals surface area (Å²) in [5.41, 5.74) is 3.33. The molecule has 0 saturated carbocycles. The number of pyridine rings is 1. The van der Waals surface area contributed by atoms with E-state index in [0.29, 0.717) is 18.1 Å². The van der Waals surface area contributed by atoms with Crippen molar-refractivity contribution in [2.75, 3.05) is 11.9 Å². The number of aromatic nitrogens is 4. The third-order valence-corrected chi connectivity index (χ3v) is 4.68. The Balaban J connectivity index is 1.69. The third-order valence-electron chi connectivity index (χ3n) is 4.06. The fourth-order valence-corrected chi connectivity index (χ4v) is 3.39. The van der Waals surface area contributed by atoms with Crippen molar-refractivity contribution >= 4 is 33.3 Å². The molecule has 0 spiro atoms. The van der Waals surface area contributed by atoms with Crippen molar-refractivity contribution in [3.8, 4) is 0 Å². The molecule has 118 valence electrons. The summed E-state index contributed by atoms with van der Waals surface area (Å²) in [6.07, 6.45) is 4.39. The molecule has 1 aliphatic rings. The van der Waals surface area contributed by atoms with Gasteiger partial charge in [0.2, 0.25) is 0 Å². The highest BCUT2D eigenvalue weighted by Gasteiger charge is 2.24. The number of nitrogens with zero attached hydrogens (tertiary/aromatic N) is 4. The monoisotopic (exact) mass is 374 g/mol. The van der Waals surface area contributed by atoms with Gasteiger partial charge in [-0.1, -0.05) is 0 Å². The molecule has 8 heteroatoms. The molecule has 0 fully saturated rings. The number of hydrogen-bond donors (Lipinski definition) is 2. The number of nitrogens with one attached hydrogen (secondary N) is 2. The Labute approximate surface area is 140 Å². The molecular formula is C15H15BrN6O. The minimum Gasteiger partial charge on any atom is -0.312 e. The Hall–Kier alpha value is -2.19. The maximum absolute atomic E-state index is 12.7. The predicted molar refractivity (Wildman–Crippen MR) is 89.5 cm³/mol. The maximum atomic E-state index is 12.7. The Morgan fingerprint density at radius 1 is 1.48 bits per heavy atom. The normalized spacial score (nSPS) is 14.0. The van der Waals surface area contributed by atoms with Gasteiger partial charge in [0, 0.05) is 44.0 Å². The smallest absolute Gasteiger partial charge is 0.277 e. The molecule has 0 aromatic carbocycles. The second-order valence-corrected chi connectivity index (χ2v) is 6.33. The number of halogens is 1. The van der Waals surface area contributed by atoms with Crippen molar-refractivity contribution in [3.05, 3.63) is 46.0 Å². The molecule has 0 atom stereocenters. The molecule has 0 bridgehead atoms. The predicted octanol–water partition coefficient (Wildman–Crippen LogP) is 1.73. The van der Waals surface area contributed by atoms with E-state index >= 15 is 0 Å². The molecule has 1 aliphatic heterocycles. The van der Waals surface area contributed by atoms with Crippen LogP contribution >= 0.6 is 15.9 Å². The molecule has 0 unspecified atom stereocenters. The molecule has 3 aromatic rings. The average Bonchev–Trinajstić information content (AvgIpc) is 3.11. The molecule has 23 heavy (non-hydrogen) atoms. The lowest BCUT2D eigenvalue weighted by atomic mass is 10.1. The summed E-state index contributed by atoms with van der Waals surface area (Å²) in [6.45, 7) is 1.58. The molecular weight excluding hydrogens is 360 g/mol. The van der Waals surface area contributed by atoms with E-state index in [4.69, 9.17) is 0 Å². The highest BCUT2D eigenvalue weighted by Crippen LogP contribution is 2.22. The van der Waals surface area contributed by atoms with E-state index in [0.717, 1.165) is 34.3 Å². The fraction of sp³-hybridized carbons (Fsp3) is 0.267. The molecule has 0 saturated heterocycles. The van der Waals surface area contributed by atoms with Crippen LogP contribution in [0.1, 0.15) is 21.7 Å². The first-order valence-electron chi connectivity index (χ1n) is 7.33. The van der Waals surface area contributed by atoms with Crippen LogP contribution in [0.2, 0.25) is 0 Å². The lowest BCUT2D eigenvalue weighted by Gasteiger charge is -2.14. The van der Waals surface area contributed by atoms with E-state index in [-0.39, 0.29) is 5.91 Å². The van der Waals surface area contributed by atoms with Crippen LogP contribution in [0.4, 0.5) is 5.82 Å².